The van der Waals surface area contributed by atoms with Gasteiger partial charge in [0.25, 0.3) is 0 Å². The zero-order chi connectivity index (χ0) is 13.2. The summed E-state index contributed by atoms with van der Waals surface area (Å²) >= 11 is 0. The molecule has 1 unspecified atom stereocenters. The molecular formula is C14H23N5. The highest BCUT2D eigenvalue weighted by Crippen LogP contribution is 2.38. The second-order valence-corrected chi connectivity index (χ2v) is 5.69. The van der Waals surface area contributed by atoms with Crippen LogP contribution in [-0.2, 0) is 0 Å². The molecule has 2 fully saturated rings. The average Bonchev–Trinajstić information content (AvgIpc) is 3.22. The third-order valence-corrected chi connectivity index (χ3v) is 4.01. The fourth-order valence-electron chi connectivity index (χ4n) is 2.75. The van der Waals surface area contributed by atoms with E-state index in [1.54, 1.807) is 0 Å². The van der Waals surface area contributed by atoms with Crippen LogP contribution >= 0.6 is 0 Å². The lowest BCUT2D eigenvalue weighted by Crippen LogP contribution is -2.42. The summed E-state index contributed by atoms with van der Waals surface area (Å²) in [4.78, 5) is 11.4. The lowest BCUT2D eigenvalue weighted by atomic mass is 10.1. The van der Waals surface area contributed by atoms with Crippen molar-refractivity contribution in [1.29, 1.82) is 0 Å². The molecule has 1 aromatic heterocycles. The van der Waals surface area contributed by atoms with Gasteiger partial charge in [0.2, 0.25) is 0 Å². The highest BCUT2D eigenvalue weighted by Gasteiger charge is 2.27. The predicted molar refractivity (Wildman–Crippen MR) is 77.2 cm³/mol. The Hall–Kier alpha value is -1.36. The van der Waals surface area contributed by atoms with Crippen LogP contribution in [0.15, 0.2) is 6.07 Å². The lowest BCUT2D eigenvalue weighted by Gasteiger charge is -2.32. The van der Waals surface area contributed by atoms with E-state index >= 15 is 0 Å². The quantitative estimate of drug-likeness (QED) is 0.865. The Bertz CT molecular complexity index is 443. The SMILES string of the molecule is CCN1CCCC(Nc2cc(N)nc(C3CC3)n2)C1. The summed E-state index contributed by atoms with van der Waals surface area (Å²) in [6.07, 6.45) is 4.87. The number of anilines is 2. The molecule has 0 radical (unpaired) electrons. The molecular weight excluding hydrogens is 238 g/mol. The highest BCUT2D eigenvalue weighted by molar-refractivity contribution is 5.46. The molecule has 5 heteroatoms. The minimum Gasteiger partial charge on any atom is -0.384 e. The van der Waals surface area contributed by atoms with E-state index < -0.39 is 0 Å². The molecule has 0 bridgehead atoms. The van der Waals surface area contributed by atoms with Gasteiger partial charge >= 0.3 is 0 Å². The topological polar surface area (TPSA) is 67.1 Å². The van der Waals surface area contributed by atoms with Crippen molar-refractivity contribution in [3.63, 3.8) is 0 Å². The molecule has 2 aliphatic rings. The summed E-state index contributed by atoms with van der Waals surface area (Å²) in [6.45, 7) is 5.65. The van der Waals surface area contributed by atoms with Crippen LogP contribution in [0.5, 0.6) is 0 Å². The smallest absolute Gasteiger partial charge is 0.136 e. The monoisotopic (exact) mass is 261 g/mol. The zero-order valence-electron chi connectivity index (χ0n) is 11.6. The van der Waals surface area contributed by atoms with Gasteiger partial charge in [0, 0.05) is 24.6 Å². The molecule has 19 heavy (non-hydrogen) atoms. The minimum atomic E-state index is 0.482. The number of nitrogen functional groups attached to an aromatic ring is 1. The zero-order valence-corrected chi connectivity index (χ0v) is 11.6. The van der Waals surface area contributed by atoms with Crippen LogP contribution in [0.3, 0.4) is 0 Å². The van der Waals surface area contributed by atoms with Gasteiger partial charge in [-0.25, -0.2) is 9.97 Å². The van der Waals surface area contributed by atoms with Gasteiger partial charge in [-0.2, -0.15) is 0 Å². The fraction of sp³-hybridized carbons (Fsp3) is 0.714. The molecule has 1 saturated heterocycles. The summed E-state index contributed by atoms with van der Waals surface area (Å²) in [5.41, 5.74) is 5.88. The molecule has 1 aliphatic heterocycles. The number of nitrogens with one attached hydrogen (secondary N) is 1. The Labute approximate surface area is 114 Å². The summed E-state index contributed by atoms with van der Waals surface area (Å²) in [7, 11) is 0. The molecule has 0 spiro atoms. The van der Waals surface area contributed by atoms with Gasteiger partial charge in [-0.05, 0) is 38.8 Å². The van der Waals surface area contributed by atoms with Crippen molar-refractivity contribution in [2.45, 2.75) is 44.6 Å². The third kappa shape index (κ3) is 3.15. The van der Waals surface area contributed by atoms with Crippen molar-refractivity contribution in [2.75, 3.05) is 30.7 Å². The minimum absolute atomic E-state index is 0.482. The van der Waals surface area contributed by atoms with E-state index in [9.17, 15) is 0 Å². The molecule has 3 N–H and O–H groups in total. The van der Waals surface area contributed by atoms with Crippen LogP contribution in [0.25, 0.3) is 0 Å². The maximum Gasteiger partial charge on any atom is 0.136 e. The van der Waals surface area contributed by atoms with Crippen molar-refractivity contribution in [3.05, 3.63) is 11.9 Å². The van der Waals surface area contributed by atoms with Gasteiger partial charge < -0.3 is 16.0 Å². The van der Waals surface area contributed by atoms with Crippen molar-refractivity contribution < 1.29 is 0 Å². The summed E-state index contributed by atoms with van der Waals surface area (Å²) in [5, 5.41) is 3.54. The van der Waals surface area contributed by atoms with E-state index in [4.69, 9.17) is 5.73 Å². The molecule has 1 aliphatic carbocycles. The fourth-order valence-corrected chi connectivity index (χ4v) is 2.75. The predicted octanol–water partition coefficient (Wildman–Crippen LogP) is 1.83. The van der Waals surface area contributed by atoms with Crippen LogP contribution in [0.2, 0.25) is 0 Å². The van der Waals surface area contributed by atoms with E-state index in [-0.39, 0.29) is 0 Å². The molecule has 2 heterocycles. The number of nitrogens with zero attached hydrogens (tertiary/aromatic N) is 3. The first-order valence-corrected chi connectivity index (χ1v) is 7.38. The van der Waals surface area contributed by atoms with Gasteiger partial charge in [0.05, 0.1) is 0 Å². The van der Waals surface area contributed by atoms with Crippen LogP contribution in [0.1, 0.15) is 44.3 Å². The normalized spacial score (nSPS) is 24.4. The van der Waals surface area contributed by atoms with Crippen molar-refractivity contribution in [2.24, 2.45) is 0 Å². The molecule has 1 saturated carbocycles. The number of rotatable bonds is 4. The molecule has 1 atom stereocenters. The standard InChI is InChI=1S/C14H23N5/c1-2-19-7-3-4-11(9-19)16-13-8-12(15)17-14(18-13)10-5-6-10/h8,10-11H,2-7,9H2,1H3,(H3,15,16,17,18). The van der Waals surface area contributed by atoms with E-state index in [0.717, 1.165) is 24.7 Å². The summed E-state index contributed by atoms with van der Waals surface area (Å²) in [5.74, 6) is 2.95. The van der Waals surface area contributed by atoms with E-state index in [0.29, 0.717) is 17.8 Å². The van der Waals surface area contributed by atoms with Crippen molar-refractivity contribution in [3.8, 4) is 0 Å². The number of likely N-dealkylation sites (tertiary alicyclic amines) is 1. The Morgan fingerprint density at radius 1 is 1.37 bits per heavy atom. The molecule has 1 aromatic rings. The van der Waals surface area contributed by atoms with Crippen molar-refractivity contribution in [1.82, 2.24) is 14.9 Å². The first-order valence-electron chi connectivity index (χ1n) is 7.38. The Balaban J connectivity index is 1.68. The van der Waals surface area contributed by atoms with Gasteiger partial charge in [-0.1, -0.05) is 6.92 Å². The first kappa shape index (κ1) is 12.7. The van der Waals surface area contributed by atoms with E-state index in [1.807, 2.05) is 6.07 Å². The van der Waals surface area contributed by atoms with Crippen LogP contribution in [0, 0.1) is 0 Å². The highest BCUT2D eigenvalue weighted by atomic mass is 15.2. The molecule has 5 nitrogen and oxygen atoms in total. The third-order valence-electron chi connectivity index (χ3n) is 4.01. The summed E-state index contributed by atoms with van der Waals surface area (Å²) in [6, 6.07) is 2.34. The Morgan fingerprint density at radius 2 is 2.21 bits per heavy atom. The molecule has 0 aromatic carbocycles. The van der Waals surface area contributed by atoms with E-state index in [2.05, 4.69) is 27.1 Å². The van der Waals surface area contributed by atoms with Crippen LogP contribution in [0.4, 0.5) is 11.6 Å². The van der Waals surface area contributed by atoms with Gasteiger partial charge in [0.1, 0.15) is 17.5 Å². The number of hydrogen-bond acceptors (Lipinski definition) is 5. The largest absolute Gasteiger partial charge is 0.384 e. The Kier molecular flexibility index (Phi) is 3.55. The van der Waals surface area contributed by atoms with Crippen molar-refractivity contribution >= 4 is 11.6 Å². The van der Waals surface area contributed by atoms with Crippen LogP contribution in [-0.4, -0.2) is 40.5 Å². The molecule has 104 valence electrons. The number of likely N-dealkylation sites (N-methyl/N-ethyl adjacent to an activating group) is 1. The summed E-state index contributed by atoms with van der Waals surface area (Å²) < 4.78 is 0. The number of nitrogens with two attached hydrogens (primary N) is 1. The van der Waals surface area contributed by atoms with Gasteiger partial charge in [-0.3, -0.25) is 0 Å². The van der Waals surface area contributed by atoms with Gasteiger partial charge in [0.15, 0.2) is 0 Å². The molecule has 0 amide bonds. The molecule has 3 rings (SSSR count). The number of piperidine rings is 1. The second-order valence-electron chi connectivity index (χ2n) is 5.69. The van der Waals surface area contributed by atoms with E-state index in [1.165, 1.54) is 32.2 Å². The Morgan fingerprint density at radius 3 is 2.95 bits per heavy atom. The maximum absolute atomic E-state index is 5.88. The number of aromatic nitrogens is 2. The number of hydrogen-bond donors (Lipinski definition) is 2. The van der Waals surface area contributed by atoms with Crippen LogP contribution < -0.4 is 11.1 Å². The average molecular weight is 261 g/mol. The maximum atomic E-state index is 5.88. The first-order chi connectivity index (χ1) is 9.24. The lowest BCUT2D eigenvalue weighted by molar-refractivity contribution is 0.226. The van der Waals surface area contributed by atoms with Gasteiger partial charge in [-0.15, -0.1) is 0 Å². The second kappa shape index (κ2) is 5.33.